The Morgan fingerprint density at radius 1 is 0.634 bits per heavy atom. The summed E-state index contributed by atoms with van der Waals surface area (Å²) in [6.07, 6.45) is 30.0. The van der Waals surface area contributed by atoms with E-state index >= 15 is 0 Å². The molecule has 1 N–H and O–H groups in total. The van der Waals surface area contributed by atoms with Crippen LogP contribution in [-0.4, -0.2) is 62.3 Å². The molecule has 1 fully saturated rings. The highest BCUT2D eigenvalue weighted by Gasteiger charge is 2.28. The largest absolute Gasteiger partial charge is 0.463 e. The van der Waals surface area contributed by atoms with Crippen LogP contribution >= 0.6 is 0 Å². The maximum Gasteiger partial charge on any atom is 0.305 e. The second kappa shape index (κ2) is 29.0. The van der Waals surface area contributed by atoms with Crippen molar-refractivity contribution in [2.45, 2.75) is 174 Å². The van der Waals surface area contributed by atoms with Crippen LogP contribution in [0, 0.1) is 0 Å². The Morgan fingerprint density at radius 2 is 1.05 bits per heavy atom. The lowest BCUT2D eigenvalue weighted by atomic mass is 10.1. The molecule has 0 aromatic heterocycles. The molecule has 1 aliphatic heterocycles. The number of carbonyl (C=O) groups excluding carboxylic acids is 2. The highest BCUT2D eigenvalue weighted by Crippen LogP contribution is 2.14. The van der Waals surface area contributed by atoms with Crippen LogP contribution in [-0.2, 0) is 19.1 Å². The van der Waals surface area contributed by atoms with E-state index in [-0.39, 0.29) is 18.5 Å². The van der Waals surface area contributed by atoms with Gasteiger partial charge in [-0.2, -0.15) is 0 Å². The van der Waals surface area contributed by atoms with Crippen LogP contribution in [0.3, 0.4) is 0 Å². The van der Waals surface area contributed by atoms with Crippen molar-refractivity contribution >= 4 is 11.9 Å². The van der Waals surface area contributed by atoms with Crippen molar-refractivity contribution < 1.29 is 19.1 Å². The van der Waals surface area contributed by atoms with Crippen molar-refractivity contribution in [2.75, 3.05) is 39.5 Å². The summed E-state index contributed by atoms with van der Waals surface area (Å²) in [5, 5.41) is 3.12. The number of hydrogen-bond donors (Lipinski definition) is 1. The lowest BCUT2D eigenvalue weighted by Crippen LogP contribution is -2.53. The van der Waals surface area contributed by atoms with Gasteiger partial charge < -0.3 is 14.8 Å². The maximum atomic E-state index is 13.0. The molecule has 0 bridgehead atoms. The molecule has 0 aromatic carbocycles. The molecule has 1 aliphatic rings. The predicted octanol–water partition coefficient (Wildman–Crippen LogP) is 8.75. The van der Waals surface area contributed by atoms with Crippen LogP contribution in [0.1, 0.15) is 168 Å². The Bertz CT molecular complexity index is 595. The van der Waals surface area contributed by atoms with Crippen molar-refractivity contribution in [3.63, 3.8) is 0 Å². The monoisotopic (exact) mass is 581 g/mol. The summed E-state index contributed by atoms with van der Waals surface area (Å²) in [6.45, 7) is 8.01. The number of nitrogens with zero attached hydrogens (tertiary/aromatic N) is 1. The number of amides is 1. The molecule has 41 heavy (non-hydrogen) atoms. The quantitative estimate of drug-likeness (QED) is 0.0707. The summed E-state index contributed by atoms with van der Waals surface area (Å²) in [4.78, 5) is 27.5. The molecule has 0 aromatic rings. The molecule has 1 saturated heterocycles. The van der Waals surface area contributed by atoms with Gasteiger partial charge in [-0.3, -0.25) is 14.5 Å². The second-order valence-electron chi connectivity index (χ2n) is 12.3. The Morgan fingerprint density at radius 3 is 1.51 bits per heavy atom. The molecular formula is C35H68N2O4. The lowest BCUT2D eigenvalue weighted by Gasteiger charge is -2.33. The van der Waals surface area contributed by atoms with Crippen LogP contribution in [0.5, 0.6) is 0 Å². The Balaban J connectivity index is 2.12. The van der Waals surface area contributed by atoms with Gasteiger partial charge in [0.05, 0.1) is 13.2 Å². The Labute approximate surface area is 254 Å². The van der Waals surface area contributed by atoms with Crippen molar-refractivity contribution in [2.24, 2.45) is 0 Å². The third-order valence-corrected chi connectivity index (χ3v) is 8.51. The van der Waals surface area contributed by atoms with Gasteiger partial charge in [0.2, 0.25) is 5.91 Å². The van der Waals surface area contributed by atoms with Gasteiger partial charge in [0.25, 0.3) is 0 Å². The van der Waals surface area contributed by atoms with Gasteiger partial charge in [-0.1, -0.05) is 149 Å². The van der Waals surface area contributed by atoms with Crippen LogP contribution in [0.4, 0.5) is 0 Å². The molecule has 1 amide bonds. The van der Waals surface area contributed by atoms with Gasteiger partial charge in [0.1, 0.15) is 12.6 Å². The van der Waals surface area contributed by atoms with E-state index in [0.717, 1.165) is 25.7 Å². The summed E-state index contributed by atoms with van der Waals surface area (Å²) in [7, 11) is 0. The first kappa shape index (κ1) is 37.9. The predicted molar refractivity (Wildman–Crippen MR) is 172 cm³/mol. The molecule has 0 unspecified atom stereocenters. The number of ether oxygens (including phenoxy) is 2. The van der Waals surface area contributed by atoms with Gasteiger partial charge in [-0.05, 0) is 12.8 Å². The van der Waals surface area contributed by atoms with Crippen LogP contribution in [0.25, 0.3) is 0 Å². The molecular weight excluding hydrogens is 512 g/mol. The summed E-state index contributed by atoms with van der Waals surface area (Å²) in [6, 6.07) is -0.419. The van der Waals surface area contributed by atoms with Gasteiger partial charge in [0.15, 0.2) is 0 Å². The van der Waals surface area contributed by atoms with E-state index in [2.05, 4.69) is 24.1 Å². The number of unbranched alkanes of at least 4 members (excludes halogenated alkanes) is 21. The van der Waals surface area contributed by atoms with E-state index in [4.69, 9.17) is 9.47 Å². The average Bonchev–Trinajstić information content (AvgIpc) is 2.99. The van der Waals surface area contributed by atoms with Gasteiger partial charge in [-0.15, -0.1) is 0 Å². The number of carbonyl (C=O) groups is 2. The third-order valence-electron chi connectivity index (χ3n) is 8.51. The molecule has 242 valence electrons. The highest BCUT2D eigenvalue weighted by atomic mass is 16.5. The van der Waals surface area contributed by atoms with E-state index < -0.39 is 6.04 Å². The normalized spacial score (nSPS) is 14.7. The third kappa shape index (κ3) is 23.0. The Hall–Kier alpha value is -1.14. The van der Waals surface area contributed by atoms with E-state index in [0.29, 0.717) is 39.3 Å². The molecule has 0 saturated carbocycles. The number of morpholine rings is 1. The van der Waals surface area contributed by atoms with E-state index in [9.17, 15) is 9.59 Å². The van der Waals surface area contributed by atoms with Crippen LogP contribution in [0.15, 0.2) is 0 Å². The maximum absolute atomic E-state index is 13.0. The van der Waals surface area contributed by atoms with Crippen molar-refractivity contribution in [1.29, 1.82) is 0 Å². The number of nitrogens with one attached hydrogen (secondary N) is 1. The minimum absolute atomic E-state index is 0.0162. The summed E-state index contributed by atoms with van der Waals surface area (Å²) in [5.74, 6) is -0.189. The molecule has 1 atom stereocenters. The highest BCUT2D eigenvalue weighted by molar-refractivity contribution is 5.82. The first-order valence-electron chi connectivity index (χ1n) is 17.9. The zero-order valence-corrected chi connectivity index (χ0v) is 27.4. The SMILES string of the molecule is CCCCCCCCCCCCCCNC(=O)[C@H](COC(=O)CCCCCCCCCCCCC)N1CCOCC1. The van der Waals surface area contributed by atoms with Gasteiger partial charge in [0, 0.05) is 26.1 Å². The molecule has 6 heteroatoms. The van der Waals surface area contributed by atoms with E-state index in [1.807, 2.05) is 0 Å². The molecule has 0 aliphatic carbocycles. The summed E-state index contributed by atoms with van der Waals surface area (Å²) >= 11 is 0. The zero-order valence-electron chi connectivity index (χ0n) is 27.4. The Kier molecular flexibility index (Phi) is 26.8. The lowest BCUT2D eigenvalue weighted by molar-refractivity contribution is -0.148. The van der Waals surface area contributed by atoms with Crippen LogP contribution < -0.4 is 5.32 Å². The fourth-order valence-corrected chi connectivity index (χ4v) is 5.71. The average molecular weight is 581 g/mol. The van der Waals surface area contributed by atoms with E-state index in [1.54, 1.807) is 0 Å². The molecule has 1 heterocycles. The van der Waals surface area contributed by atoms with Gasteiger partial charge in [-0.25, -0.2) is 0 Å². The number of esters is 1. The minimum Gasteiger partial charge on any atom is -0.463 e. The second-order valence-corrected chi connectivity index (χ2v) is 12.3. The molecule has 1 rings (SSSR count). The zero-order chi connectivity index (χ0) is 29.6. The smallest absolute Gasteiger partial charge is 0.305 e. The fraction of sp³-hybridized carbons (Fsp3) is 0.943. The van der Waals surface area contributed by atoms with Crippen molar-refractivity contribution in [3.8, 4) is 0 Å². The first-order valence-corrected chi connectivity index (χ1v) is 17.9. The molecule has 0 spiro atoms. The molecule has 6 nitrogen and oxygen atoms in total. The van der Waals surface area contributed by atoms with Crippen LogP contribution in [0.2, 0.25) is 0 Å². The van der Waals surface area contributed by atoms with Crippen molar-refractivity contribution in [1.82, 2.24) is 10.2 Å². The summed E-state index contributed by atoms with van der Waals surface area (Å²) in [5.41, 5.74) is 0. The standard InChI is InChI=1S/C35H68N2O4/c1-3-5-7-9-11-13-15-17-19-21-23-25-27-36-35(39)33(37-28-30-40-31-29-37)32-41-34(38)26-24-22-20-18-16-14-12-10-8-6-4-2/h33H,3-32H2,1-2H3,(H,36,39)/t33-/m0/s1. The number of rotatable bonds is 29. The first-order chi connectivity index (χ1) is 20.2. The van der Waals surface area contributed by atoms with E-state index in [1.165, 1.54) is 122 Å². The summed E-state index contributed by atoms with van der Waals surface area (Å²) < 4.78 is 11.1. The van der Waals surface area contributed by atoms with Gasteiger partial charge >= 0.3 is 5.97 Å². The fourth-order valence-electron chi connectivity index (χ4n) is 5.71. The topological polar surface area (TPSA) is 67.9 Å². The minimum atomic E-state index is -0.419. The number of hydrogen-bond acceptors (Lipinski definition) is 5. The molecule has 0 radical (unpaired) electrons. The van der Waals surface area contributed by atoms with Crippen molar-refractivity contribution in [3.05, 3.63) is 0 Å².